The number of aliphatic hydroxyl groups is 1. The van der Waals surface area contributed by atoms with Crippen LogP contribution in [0, 0.1) is 5.92 Å². The van der Waals surface area contributed by atoms with Crippen LogP contribution in [0.15, 0.2) is 18.2 Å². The van der Waals surface area contributed by atoms with Crippen LogP contribution in [0.1, 0.15) is 25.5 Å². The third kappa shape index (κ3) is 2.84. The number of hydrogen-bond donors (Lipinski definition) is 4. The van der Waals surface area contributed by atoms with Crippen molar-refractivity contribution >= 4 is 0 Å². The molecular weight excluding hydrogens is 194 g/mol. The van der Waals surface area contributed by atoms with E-state index in [0.717, 1.165) is 0 Å². The molecule has 0 unspecified atom stereocenters. The van der Waals surface area contributed by atoms with Gasteiger partial charge in [0.2, 0.25) is 0 Å². The monoisotopic (exact) mass is 211 g/mol. The highest BCUT2D eigenvalue weighted by atomic mass is 16.3. The molecule has 4 nitrogen and oxygen atoms in total. The molecule has 0 bridgehead atoms. The van der Waals surface area contributed by atoms with Gasteiger partial charge in [0.15, 0.2) is 0 Å². The molecule has 0 aliphatic carbocycles. The van der Waals surface area contributed by atoms with Crippen LogP contribution in [-0.2, 0) is 0 Å². The first-order valence-corrected chi connectivity index (χ1v) is 4.88. The highest BCUT2D eigenvalue weighted by Crippen LogP contribution is 2.27. The van der Waals surface area contributed by atoms with Crippen molar-refractivity contribution in [3.05, 3.63) is 23.8 Å². The van der Waals surface area contributed by atoms with Crippen molar-refractivity contribution in [3.63, 3.8) is 0 Å². The summed E-state index contributed by atoms with van der Waals surface area (Å²) in [6, 6.07) is 3.49. The molecule has 0 radical (unpaired) electrons. The number of phenolic OH excluding ortho intramolecular Hbond substituents is 2. The van der Waals surface area contributed by atoms with E-state index in [4.69, 9.17) is 5.73 Å². The van der Waals surface area contributed by atoms with Crippen LogP contribution in [0.5, 0.6) is 11.5 Å². The number of aliphatic hydroxyl groups excluding tert-OH is 1. The fourth-order valence-electron chi connectivity index (χ4n) is 1.42. The lowest BCUT2D eigenvalue weighted by molar-refractivity contribution is 0.0978. The minimum atomic E-state index is -0.703. The Kier molecular flexibility index (Phi) is 3.55. The second-order valence-corrected chi connectivity index (χ2v) is 4.04. The standard InChI is InChI=1S/C11H17NO3/c1-6(2)11(15)10(12)7-3-8(13)5-9(14)4-7/h3-6,10-11,13-15H,12H2,1-2H3/t10-,11+/m1/s1. The first-order valence-electron chi connectivity index (χ1n) is 4.88. The second kappa shape index (κ2) is 4.51. The summed E-state index contributed by atoms with van der Waals surface area (Å²) in [5.74, 6) is -0.0997. The molecule has 1 aromatic carbocycles. The average Bonchev–Trinajstić information content (AvgIpc) is 2.13. The van der Waals surface area contributed by atoms with Crippen molar-refractivity contribution < 1.29 is 15.3 Å². The summed E-state index contributed by atoms with van der Waals surface area (Å²) in [5, 5.41) is 28.3. The zero-order valence-corrected chi connectivity index (χ0v) is 8.88. The van der Waals surface area contributed by atoms with E-state index in [0.29, 0.717) is 5.56 Å². The van der Waals surface area contributed by atoms with Gasteiger partial charge < -0.3 is 21.1 Å². The van der Waals surface area contributed by atoms with E-state index in [1.165, 1.54) is 18.2 Å². The smallest absolute Gasteiger partial charge is 0.119 e. The first kappa shape index (κ1) is 11.8. The Morgan fingerprint density at radius 2 is 1.53 bits per heavy atom. The molecule has 2 atom stereocenters. The maximum absolute atomic E-state index is 9.74. The van der Waals surface area contributed by atoms with Gasteiger partial charge in [0.05, 0.1) is 12.1 Å². The van der Waals surface area contributed by atoms with E-state index in [9.17, 15) is 15.3 Å². The SMILES string of the molecule is CC(C)[C@H](O)[C@H](N)c1cc(O)cc(O)c1. The molecule has 4 heteroatoms. The summed E-state index contributed by atoms with van der Waals surface area (Å²) >= 11 is 0. The Morgan fingerprint density at radius 3 is 1.93 bits per heavy atom. The van der Waals surface area contributed by atoms with Crippen molar-refractivity contribution in [2.45, 2.75) is 26.0 Å². The molecule has 0 saturated carbocycles. The van der Waals surface area contributed by atoms with Crippen LogP contribution in [0.4, 0.5) is 0 Å². The third-order valence-electron chi connectivity index (χ3n) is 2.36. The van der Waals surface area contributed by atoms with Gasteiger partial charge in [-0.1, -0.05) is 13.8 Å². The molecule has 0 amide bonds. The number of benzene rings is 1. The Bertz CT molecular complexity index is 318. The molecular formula is C11H17NO3. The molecule has 0 fully saturated rings. The Hall–Kier alpha value is -1.26. The van der Waals surface area contributed by atoms with Crippen LogP contribution in [0.3, 0.4) is 0 Å². The molecule has 0 heterocycles. The summed E-state index contributed by atoms with van der Waals surface area (Å²) in [7, 11) is 0. The summed E-state index contributed by atoms with van der Waals surface area (Å²) in [6.45, 7) is 3.71. The third-order valence-corrected chi connectivity index (χ3v) is 2.36. The lowest BCUT2D eigenvalue weighted by Gasteiger charge is -2.22. The lowest BCUT2D eigenvalue weighted by Crippen LogP contribution is -2.30. The van der Waals surface area contributed by atoms with Gasteiger partial charge in [0.1, 0.15) is 11.5 Å². The van der Waals surface area contributed by atoms with Crippen molar-refractivity contribution in [2.24, 2.45) is 11.7 Å². The molecule has 0 aromatic heterocycles. The number of nitrogens with two attached hydrogens (primary N) is 1. The molecule has 1 rings (SSSR count). The van der Waals surface area contributed by atoms with E-state index < -0.39 is 12.1 Å². The molecule has 0 spiro atoms. The fraction of sp³-hybridized carbons (Fsp3) is 0.455. The Labute approximate surface area is 89.0 Å². The molecule has 0 aliphatic rings. The molecule has 15 heavy (non-hydrogen) atoms. The zero-order valence-electron chi connectivity index (χ0n) is 8.88. The van der Waals surface area contributed by atoms with Crippen LogP contribution >= 0.6 is 0 Å². The zero-order chi connectivity index (χ0) is 11.6. The molecule has 0 aliphatic heterocycles. The van der Waals surface area contributed by atoms with E-state index in [1.54, 1.807) is 0 Å². The number of rotatable bonds is 3. The van der Waals surface area contributed by atoms with E-state index in [1.807, 2.05) is 13.8 Å². The van der Waals surface area contributed by atoms with Gasteiger partial charge in [-0.05, 0) is 23.6 Å². The molecule has 84 valence electrons. The largest absolute Gasteiger partial charge is 0.508 e. The second-order valence-electron chi connectivity index (χ2n) is 4.04. The van der Waals surface area contributed by atoms with Crippen LogP contribution in [-0.4, -0.2) is 21.4 Å². The van der Waals surface area contributed by atoms with Crippen LogP contribution < -0.4 is 5.73 Å². The normalized spacial score (nSPS) is 15.3. The predicted octanol–water partition coefficient (Wildman–Crippen LogP) is 1.11. The Morgan fingerprint density at radius 1 is 1.07 bits per heavy atom. The minimum absolute atomic E-state index is 0.0180. The molecule has 5 N–H and O–H groups in total. The average molecular weight is 211 g/mol. The number of phenols is 2. The van der Waals surface area contributed by atoms with E-state index in [-0.39, 0.29) is 17.4 Å². The topological polar surface area (TPSA) is 86.7 Å². The van der Waals surface area contributed by atoms with Crippen LogP contribution in [0.2, 0.25) is 0 Å². The minimum Gasteiger partial charge on any atom is -0.508 e. The fourth-order valence-corrected chi connectivity index (χ4v) is 1.42. The molecule has 0 saturated heterocycles. The molecule has 1 aromatic rings. The van der Waals surface area contributed by atoms with Gasteiger partial charge in [-0.2, -0.15) is 0 Å². The Balaban J connectivity index is 2.95. The quantitative estimate of drug-likeness (QED) is 0.603. The van der Waals surface area contributed by atoms with Crippen molar-refractivity contribution in [1.29, 1.82) is 0 Å². The van der Waals surface area contributed by atoms with Gasteiger partial charge >= 0.3 is 0 Å². The number of hydrogen-bond acceptors (Lipinski definition) is 4. The predicted molar refractivity (Wildman–Crippen MR) is 57.5 cm³/mol. The van der Waals surface area contributed by atoms with Gasteiger partial charge in [-0.25, -0.2) is 0 Å². The van der Waals surface area contributed by atoms with Gasteiger partial charge in [-0.15, -0.1) is 0 Å². The highest BCUT2D eigenvalue weighted by molar-refractivity contribution is 5.38. The summed E-state index contributed by atoms with van der Waals surface area (Å²) < 4.78 is 0. The summed E-state index contributed by atoms with van der Waals surface area (Å²) in [6.07, 6.45) is -0.703. The van der Waals surface area contributed by atoms with Crippen molar-refractivity contribution in [2.75, 3.05) is 0 Å². The van der Waals surface area contributed by atoms with E-state index >= 15 is 0 Å². The highest BCUT2D eigenvalue weighted by Gasteiger charge is 2.20. The maximum Gasteiger partial charge on any atom is 0.119 e. The van der Waals surface area contributed by atoms with Crippen LogP contribution in [0.25, 0.3) is 0 Å². The van der Waals surface area contributed by atoms with Crippen molar-refractivity contribution in [3.8, 4) is 11.5 Å². The van der Waals surface area contributed by atoms with Gasteiger partial charge in [-0.3, -0.25) is 0 Å². The maximum atomic E-state index is 9.74. The summed E-state index contributed by atoms with van der Waals surface area (Å²) in [4.78, 5) is 0. The number of aromatic hydroxyl groups is 2. The first-order chi connectivity index (χ1) is 6.91. The van der Waals surface area contributed by atoms with Gasteiger partial charge in [0.25, 0.3) is 0 Å². The van der Waals surface area contributed by atoms with E-state index in [2.05, 4.69) is 0 Å². The van der Waals surface area contributed by atoms with Gasteiger partial charge in [0, 0.05) is 6.07 Å². The summed E-state index contributed by atoms with van der Waals surface area (Å²) in [5.41, 5.74) is 6.33. The lowest BCUT2D eigenvalue weighted by atomic mass is 9.94. The van der Waals surface area contributed by atoms with Crippen molar-refractivity contribution in [1.82, 2.24) is 0 Å².